The lowest BCUT2D eigenvalue weighted by Crippen LogP contribution is -2.34. The van der Waals surface area contributed by atoms with Gasteiger partial charge in [0.1, 0.15) is 5.82 Å². The van der Waals surface area contributed by atoms with Crippen LogP contribution in [-0.2, 0) is 4.79 Å². The van der Waals surface area contributed by atoms with Crippen molar-refractivity contribution in [2.24, 2.45) is 11.8 Å². The first kappa shape index (κ1) is 13.6. The summed E-state index contributed by atoms with van der Waals surface area (Å²) < 4.78 is 12.7. The number of amides is 1. The average molecular weight is 238 g/mol. The average Bonchev–Trinajstić information content (AvgIpc) is 2.28. The molecule has 0 radical (unpaired) electrons. The van der Waals surface area contributed by atoms with Crippen LogP contribution in [0.4, 0.5) is 10.1 Å². The van der Waals surface area contributed by atoms with Gasteiger partial charge < -0.3 is 10.6 Å². The highest BCUT2D eigenvalue weighted by molar-refractivity contribution is 5.92. The number of halogens is 1. The van der Waals surface area contributed by atoms with E-state index in [1.807, 2.05) is 20.9 Å². The number of hydrogen-bond donors (Lipinski definition) is 2. The largest absolute Gasteiger partial charge is 0.326 e. The van der Waals surface area contributed by atoms with Crippen LogP contribution < -0.4 is 10.6 Å². The van der Waals surface area contributed by atoms with E-state index in [1.165, 1.54) is 12.1 Å². The summed E-state index contributed by atoms with van der Waals surface area (Å²) in [6.45, 7) is 4.64. The van der Waals surface area contributed by atoms with Gasteiger partial charge in [0, 0.05) is 12.2 Å². The number of nitrogens with one attached hydrogen (secondary N) is 2. The fraction of sp³-hybridized carbons (Fsp3) is 0.462. The van der Waals surface area contributed by atoms with Crippen LogP contribution in [0, 0.1) is 17.7 Å². The Bertz CT molecular complexity index is 362. The molecule has 17 heavy (non-hydrogen) atoms. The first-order valence-electron chi connectivity index (χ1n) is 5.75. The monoisotopic (exact) mass is 238 g/mol. The highest BCUT2D eigenvalue weighted by atomic mass is 19.1. The normalized spacial score (nSPS) is 12.5. The van der Waals surface area contributed by atoms with E-state index in [1.54, 1.807) is 12.1 Å². The fourth-order valence-electron chi connectivity index (χ4n) is 1.62. The third-order valence-corrected chi connectivity index (χ3v) is 2.68. The van der Waals surface area contributed by atoms with Gasteiger partial charge in [-0.25, -0.2) is 4.39 Å². The molecule has 0 saturated heterocycles. The molecule has 1 amide bonds. The van der Waals surface area contributed by atoms with Crippen molar-refractivity contribution in [2.75, 3.05) is 18.9 Å². The predicted octanol–water partition coefficient (Wildman–Crippen LogP) is 2.26. The summed E-state index contributed by atoms with van der Waals surface area (Å²) in [6.07, 6.45) is 0. The van der Waals surface area contributed by atoms with Crippen molar-refractivity contribution in [1.82, 2.24) is 5.32 Å². The van der Waals surface area contributed by atoms with Crippen LogP contribution in [-0.4, -0.2) is 19.5 Å². The van der Waals surface area contributed by atoms with Crippen molar-refractivity contribution >= 4 is 11.6 Å². The van der Waals surface area contributed by atoms with Crippen molar-refractivity contribution < 1.29 is 9.18 Å². The van der Waals surface area contributed by atoms with E-state index < -0.39 is 0 Å². The Hall–Kier alpha value is -1.42. The minimum Gasteiger partial charge on any atom is -0.326 e. The van der Waals surface area contributed by atoms with Gasteiger partial charge in [0.25, 0.3) is 0 Å². The zero-order valence-corrected chi connectivity index (χ0v) is 10.5. The lowest BCUT2D eigenvalue weighted by Gasteiger charge is -2.19. The Morgan fingerprint density at radius 1 is 1.29 bits per heavy atom. The molecule has 2 N–H and O–H groups in total. The fourth-order valence-corrected chi connectivity index (χ4v) is 1.62. The number of rotatable bonds is 5. The third kappa shape index (κ3) is 4.15. The summed E-state index contributed by atoms with van der Waals surface area (Å²) in [4.78, 5) is 12.0. The maximum Gasteiger partial charge on any atom is 0.229 e. The van der Waals surface area contributed by atoms with Crippen molar-refractivity contribution in [3.05, 3.63) is 30.1 Å². The van der Waals surface area contributed by atoms with Crippen molar-refractivity contribution in [2.45, 2.75) is 13.8 Å². The summed E-state index contributed by atoms with van der Waals surface area (Å²) in [5, 5.41) is 5.79. The van der Waals surface area contributed by atoms with Gasteiger partial charge in [0.05, 0.1) is 5.92 Å². The van der Waals surface area contributed by atoms with Gasteiger partial charge in [0.2, 0.25) is 5.91 Å². The van der Waals surface area contributed by atoms with Crippen molar-refractivity contribution in [3.63, 3.8) is 0 Å². The van der Waals surface area contributed by atoms with E-state index >= 15 is 0 Å². The molecule has 0 aliphatic heterocycles. The standard InChI is InChI=1S/C13H19FN2O/c1-9(2)12(8-15-3)13(17)16-11-6-4-10(14)5-7-11/h4-7,9,12,15H,8H2,1-3H3,(H,16,17). The Kier molecular flexibility index (Phi) is 5.10. The molecule has 0 spiro atoms. The van der Waals surface area contributed by atoms with Crippen LogP contribution in [0.1, 0.15) is 13.8 Å². The molecule has 1 rings (SSSR count). The lowest BCUT2D eigenvalue weighted by atomic mass is 9.95. The second-order valence-electron chi connectivity index (χ2n) is 4.40. The molecule has 0 bridgehead atoms. The Labute approximate surface area is 101 Å². The van der Waals surface area contributed by atoms with E-state index in [0.29, 0.717) is 12.2 Å². The number of benzene rings is 1. The molecule has 1 unspecified atom stereocenters. The van der Waals surface area contributed by atoms with Gasteiger partial charge >= 0.3 is 0 Å². The molecule has 0 heterocycles. The van der Waals surface area contributed by atoms with Gasteiger partial charge in [-0.3, -0.25) is 4.79 Å². The Morgan fingerprint density at radius 3 is 2.35 bits per heavy atom. The zero-order valence-electron chi connectivity index (χ0n) is 10.5. The van der Waals surface area contributed by atoms with Crippen LogP contribution in [0.25, 0.3) is 0 Å². The number of anilines is 1. The molecular formula is C13H19FN2O. The van der Waals surface area contributed by atoms with E-state index in [-0.39, 0.29) is 23.6 Å². The summed E-state index contributed by atoms with van der Waals surface area (Å²) in [6, 6.07) is 5.78. The second-order valence-corrected chi connectivity index (χ2v) is 4.40. The van der Waals surface area contributed by atoms with Gasteiger partial charge in [-0.1, -0.05) is 13.8 Å². The van der Waals surface area contributed by atoms with Gasteiger partial charge in [-0.15, -0.1) is 0 Å². The highest BCUT2D eigenvalue weighted by Gasteiger charge is 2.21. The Balaban J connectivity index is 2.66. The second kappa shape index (κ2) is 6.35. The highest BCUT2D eigenvalue weighted by Crippen LogP contribution is 2.14. The molecule has 94 valence electrons. The summed E-state index contributed by atoms with van der Waals surface area (Å²) >= 11 is 0. The van der Waals surface area contributed by atoms with Gasteiger partial charge in [-0.05, 0) is 37.2 Å². The third-order valence-electron chi connectivity index (χ3n) is 2.68. The molecule has 0 saturated carbocycles. The summed E-state index contributed by atoms with van der Waals surface area (Å²) in [5.41, 5.74) is 0.623. The molecule has 0 fully saturated rings. The molecule has 4 heteroatoms. The van der Waals surface area contributed by atoms with Crippen LogP contribution >= 0.6 is 0 Å². The minimum absolute atomic E-state index is 0.0408. The molecule has 0 aliphatic carbocycles. The molecule has 0 aliphatic rings. The lowest BCUT2D eigenvalue weighted by molar-refractivity contribution is -0.120. The van der Waals surface area contributed by atoms with Gasteiger partial charge in [-0.2, -0.15) is 0 Å². The van der Waals surface area contributed by atoms with E-state index in [4.69, 9.17) is 0 Å². The van der Waals surface area contributed by atoms with Crippen molar-refractivity contribution in [3.8, 4) is 0 Å². The maximum absolute atomic E-state index is 12.7. The topological polar surface area (TPSA) is 41.1 Å². The Morgan fingerprint density at radius 2 is 1.88 bits per heavy atom. The quantitative estimate of drug-likeness (QED) is 0.826. The molecule has 1 aromatic carbocycles. The van der Waals surface area contributed by atoms with E-state index in [2.05, 4.69) is 10.6 Å². The van der Waals surface area contributed by atoms with E-state index in [0.717, 1.165) is 0 Å². The molecule has 3 nitrogen and oxygen atoms in total. The summed E-state index contributed by atoms with van der Waals surface area (Å²) in [5.74, 6) is -0.187. The van der Waals surface area contributed by atoms with Crippen LogP contribution in [0.5, 0.6) is 0 Å². The molecule has 0 aromatic heterocycles. The predicted molar refractivity (Wildman–Crippen MR) is 67.3 cm³/mol. The summed E-state index contributed by atoms with van der Waals surface area (Å²) in [7, 11) is 1.82. The zero-order chi connectivity index (χ0) is 12.8. The molecule has 1 aromatic rings. The van der Waals surface area contributed by atoms with Crippen molar-refractivity contribution in [1.29, 1.82) is 0 Å². The number of carbonyl (C=O) groups is 1. The van der Waals surface area contributed by atoms with Crippen LogP contribution in [0.15, 0.2) is 24.3 Å². The number of hydrogen-bond acceptors (Lipinski definition) is 2. The maximum atomic E-state index is 12.7. The molecule has 1 atom stereocenters. The van der Waals surface area contributed by atoms with Crippen LogP contribution in [0.2, 0.25) is 0 Å². The van der Waals surface area contributed by atoms with Crippen LogP contribution in [0.3, 0.4) is 0 Å². The molecular weight excluding hydrogens is 219 g/mol. The minimum atomic E-state index is -0.307. The first-order chi connectivity index (χ1) is 8.04. The smallest absolute Gasteiger partial charge is 0.229 e. The SMILES string of the molecule is CNCC(C(=O)Nc1ccc(F)cc1)C(C)C. The first-order valence-corrected chi connectivity index (χ1v) is 5.75. The number of carbonyl (C=O) groups excluding carboxylic acids is 1. The van der Waals surface area contributed by atoms with Gasteiger partial charge in [0.15, 0.2) is 0 Å². The van der Waals surface area contributed by atoms with E-state index in [9.17, 15) is 9.18 Å².